The minimum Gasteiger partial charge on any atom is -0.497 e. The zero-order valence-electron chi connectivity index (χ0n) is 24.2. The van der Waals surface area contributed by atoms with Gasteiger partial charge in [0.2, 0.25) is 18.3 Å². The molecule has 1 N–H and O–H groups in total. The molecule has 3 atom stereocenters. The average Bonchev–Trinajstić information content (AvgIpc) is 3.45. The van der Waals surface area contributed by atoms with Crippen molar-refractivity contribution in [2.24, 2.45) is 5.92 Å². The average molecular weight is 567 g/mol. The molecular weight excluding hydrogens is 532 g/mol. The first-order valence-electron chi connectivity index (χ1n) is 13.1. The van der Waals surface area contributed by atoms with Gasteiger partial charge < -0.3 is 43.0 Å². The van der Waals surface area contributed by atoms with Crippen LogP contribution in [0.25, 0.3) is 11.1 Å². The zero-order chi connectivity index (χ0) is 29.5. The predicted octanol–water partition coefficient (Wildman–Crippen LogP) is 4.97. The van der Waals surface area contributed by atoms with Gasteiger partial charge in [0.05, 0.1) is 41.1 Å². The Morgan fingerprint density at radius 1 is 0.902 bits per heavy atom. The lowest BCUT2D eigenvalue weighted by Crippen LogP contribution is -2.43. The van der Waals surface area contributed by atoms with Gasteiger partial charge in [-0.2, -0.15) is 0 Å². The minimum absolute atomic E-state index is 0.0402. The first-order valence-corrected chi connectivity index (χ1v) is 13.1. The third-order valence-corrected chi connectivity index (χ3v) is 7.88. The molecule has 0 amide bonds. The molecule has 1 aliphatic carbocycles. The molecule has 3 aromatic carbocycles. The van der Waals surface area contributed by atoms with E-state index in [1.165, 1.54) is 28.4 Å². The summed E-state index contributed by atoms with van der Waals surface area (Å²) in [6.07, 6.45) is -0.775. The molecule has 1 heterocycles. The van der Waals surface area contributed by atoms with Crippen LogP contribution < -0.4 is 33.2 Å². The Kier molecular flexibility index (Phi) is 7.52. The second-order valence-corrected chi connectivity index (χ2v) is 10.1. The van der Waals surface area contributed by atoms with Crippen LogP contribution in [0.2, 0.25) is 0 Å². The fourth-order valence-corrected chi connectivity index (χ4v) is 5.55. The van der Waals surface area contributed by atoms with Crippen molar-refractivity contribution < 1.29 is 47.8 Å². The molecule has 1 aliphatic heterocycles. The molecule has 0 bridgehead atoms. The molecule has 0 aromatic heterocycles. The van der Waals surface area contributed by atoms with Crippen LogP contribution in [0.1, 0.15) is 41.4 Å². The predicted molar refractivity (Wildman–Crippen MR) is 149 cm³/mol. The number of benzene rings is 3. The molecule has 3 aromatic rings. The van der Waals surface area contributed by atoms with Crippen LogP contribution in [0.4, 0.5) is 0 Å². The number of carbonyl (C=O) groups excluding carboxylic acids is 1. The number of fused-ring (bicyclic) bond motifs is 4. The number of ether oxygens (including phenoxy) is 8. The Bertz CT molecular complexity index is 1480. The maximum Gasteiger partial charge on any atom is 0.338 e. The first kappa shape index (κ1) is 28.2. The summed E-state index contributed by atoms with van der Waals surface area (Å²) in [6, 6.07) is 10.2. The number of rotatable bonds is 7. The monoisotopic (exact) mass is 566 g/mol. The summed E-state index contributed by atoms with van der Waals surface area (Å²) in [4.78, 5) is 13.6. The molecule has 0 saturated heterocycles. The third-order valence-electron chi connectivity index (χ3n) is 7.88. The van der Waals surface area contributed by atoms with Gasteiger partial charge in [0.25, 0.3) is 0 Å². The number of hydrogen-bond donors (Lipinski definition) is 1. The van der Waals surface area contributed by atoms with E-state index in [0.717, 1.165) is 5.56 Å². The van der Waals surface area contributed by atoms with E-state index in [1.54, 1.807) is 44.4 Å². The van der Waals surface area contributed by atoms with E-state index >= 15 is 0 Å². The van der Waals surface area contributed by atoms with E-state index in [9.17, 15) is 9.90 Å². The first-order chi connectivity index (χ1) is 19.7. The van der Waals surface area contributed by atoms with Crippen molar-refractivity contribution in [2.45, 2.75) is 32.0 Å². The molecule has 0 spiro atoms. The molecule has 10 heteroatoms. The smallest absolute Gasteiger partial charge is 0.338 e. The molecule has 218 valence electrons. The van der Waals surface area contributed by atoms with Crippen molar-refractivity contribution in [3.8, 4) is 51.4 Å². The van der Waals surface area contributed by atoms with Gasteiger partial charge in [-0.3, -0.25) is 0 Å². The number of hydrogen-bond acceptors (Lipinski definition) is 10. The normalized spacial score (nSPS) is 20.6. The lowest BCUT2D eigenvalue weighted by atomic mass is 9.73. The van der Waals surface area contributed by atoms with Crippen LogP contribution in [-0.2, 0) is 11.2 Å². The quantitative estimate of drug-likeness (QED) is 0.394. The van der Waals surface area contributed by atoms with Crippen LogP contribution in [0.3, 0.4) is 0 Å². The van der Waals surface area contributed by atoms with Crippen molar-refractivity contribution >= 4 is 5.97 Å². The van der Waals surface area contributed by atoms with Crippen LogP contribution in [0, 0.1) is 5.92 Å². The Hall–Kier alpha value is -4.31. The Morgan fingerprint density at radius 3 is 2.29 bits per heavy atom. The molecule has 10 nitrogen and oxygen atoms in total. The van der Waals surface area contributed by atoms with E-state index in [2.05, 4.69) is 0 Å². The highest BCUT2D eigenvalue weighted by Gasteiger charge is 2.47. The fraction of sp³-hybridized carbons (Fsp3) is 0.387. The molecule has 0 saturated carbocycles. The summed E-state index contributed by atoms with van der Waals surface area (Å²) in [7, 11) is 7.57. The van der Waals surface area contributed by atoms with Gasteiger partial charge in [0.1, 0.15) is 11.4 Å². The highest BCUT2D eigenvalue weighted by molar-refractivity contribution is 5.92. The van der Waals surface area contributed by atoms with E-state index < -0.39 is 23.6 Å². The van der Waals surface area contributed by atoms with Crippen molar-refractivity contribution in [3.05, 3.63) is 53.1 Å². The Labute approximate surface area is 238 Å². The number of methoxy groups -OCH3 is 5. The van der Waals surface area contributed by atoms with Crippen molar-refractivity contribution in [2.75, 3.05) is 42.3 Å². The fourth-order valence-electron chi connectivity index (χ4n) is 5.55. The summed E-state index contributed by atoms with van der Waals surface area (Å²) in [6.45, 7) is 3.60. The summed E-state index contributed by atoms with van der Waals surface area (Å²) in [5.41, 5.74) is 1.13. The topological polar surface area (TPSA) is 111 Å². The molecule has 0 radical (unpaired) electrons. The molecule has 41 heavy (non-hydrogen) atoms. The summed E-state index contributed by atoms with van der Waals surface area (Å²) < 4.78 is 46.3. The highest BCUT2D eigenvalue weighted by atomic mass is 16.7. The van der Waals surface area contributed by atoms with Gasteiger partial charge >= 0.3 is 5.97 Å². The number of aliphatic hydroxyl groups is 1. The zero-order valence-corrected chi connectivity index (χ0v) is 24.2. The minimum atomic E-state index is -1.55. The second kappa shape index (κ2) is 10.9. The largest absolute Gasteiger partial charge is 0.497 e. The maximum atomic E-state index is 13.6. The Balaban J connectivity index is 1.83. The molecule has 0 fully saturated rings. The standard InChI is InChI=1S/C31H34O10/c1-16-11-18-13-22-26(40-15-39-22)27(37-6)23(18)24-20(14-21(35-4)25(36-5)28(24)38-7)29(31(16,2)33)41-30(32)17-9-8-10-19(12-17)34-3/h8-10,12-14,16,29,33H,11,15H2,1-7H3/t16-,29-,31-/m0/s1. The molecule has 2 aliphatic rings. The van der Waals surface area contributed by atoms with Crippen LogP contribution in [0.15, 0.2) is 36.4 Å². The van der Waals surface area contributed by atoms with Gasteiger partial charge in [-0.25, -0.2) is 4.79 Å². The van der Waals surface area contributed by atoms with Crippen LogP contribution in [0.5, 0.6) is 40.2 Å². The SMILES string of the molecule is COc1cccc(C(=O)O[C@H]2c3cc(OC)c(OC)c(OC)c3-c3c(cc4c(c3OC)OCO4)C[C@H](C)[C@]2(C)O)c1. The lowest BCUT2D eigenvalue weighted by molar-refractivity contribution is -0.107. The van der Waals surface area contributed by atoms with Gasteiger partial charge in [0, 0.05) is 16.7 Å². The summed E-state index contributed by atoms with van der Waals surface area (Å²) >= 11 is 0. The van der Waals surface area contributed by atoms with Crippen molar-refractivity contribution in [3.63, 3.8) is 0 Å². The number of carbonyl (C=O) groups is 1. The van der Waals surface area contributed by atoms with Crippen molar-refractivity contribution in [1.82, 2.24) is 0 Å². The van der Waals surface area contributed by atoms with E-state index in [-0.39, 0.29) is 12.4 Å². The van der Waals surface area contributed by atoms with Gasteiger partial charge in [-0.1, -0.05) is 13.0 Å². The second-order valence-electron chi connectivity index (χ2n) is 10.1. The van der Waals surface area contributed by atoms with Crippen molar-refractivity contribution in [1.29, 1.82) is 0 Å². The van der Waals surface area contributed by atoms with Gasteiger partial charge in [-0.05, 0) is 55.2 Å². The van der Waals surface area contributed by atoms with E-state index in [1.807, 2.05) is 13.0 Å². The van der Waals surface area contributed by atoms with Crippen LogP contribution in [-0.4, -0.2) is 59.0 Å². The van der Waals surface area contributed by atoms with E-state index in [4.69, 9.17) is 37.9 Å². The maximum absolute atomic E-state index is 13.6. The van der Waals surface area contributed by atoms with Gasteiger partial charge in [0.15, 0.2) is 29.1 Å². The van der Waals surface area contributed by atoms with E-state index in [0.29, 0.717) is 63.4 Å². The number of esters is 1. The third kappa shape index (κ3) is 4.61. The molecular formula is C31H34O10. The summed E-state index contributed by atoms with van der Waals surface area (Å²) in [5.74, 6) is 1.83. The summed E-state index contributed by atoms with van der Waals surface area (Å²) in [5, 5.41) is 12.1. The Morgan fingerprint density at radius 2 is 1.63 bits per heavy atom. The molecule has 5 rings (SSSR count). The molecule has 0 unspecified atom stereocenters. The lowest BCUT2D eigenvalue weighted by Gasteiger charge is -2.41. The van der Waals surface area contributed by atoms with Crippen LogP contribution >= 0.6 is 0 Å². The van der Waals surface area contributed by atoms with Gasteiger partial charge in [-0.15, -0.1) is 0 Å². The highest BCUT2D eigenvalue weighted by Crippen LogP contribution is 2.59.